The fraction of sp³-hybridized carbons (Fsp3) is 0.538. The molecule has 3 heterocycles. The summed E-state index contributed by atoms with van der Waals surface area (Å²) in [5.74, 6) is 0.813. The molecule has 2 atom stereocenters. The minimum absolute atomic E-state index is 0.00152. The van der Waals surface area contributed by atoms with Gasteiger partial charge in [0, 0.05) is 36.5 Å². The van der Waals surface area contributed by atoms with E-state index >= 15 is 0 Å². The minimum atomic E-state index is -0.560. The second-order valence-corrected chi connectivity index (χ2v) is 9.47. The van der Waals surface area contributed by atoms with Gasteiger partial charge in [-0.15, -0.1) is 0 Å². The fourth-order valence-corrected chi connectivity index (χ4v) is 4.79. The number of nitrogens with zero attached hydrogens (tertiary/aromatic N) is 5. The molecule has 1 aliphatic carbocycles. The van der Waals surface area contributed by atoms with Gasteiger partial charge in [-0.05, 0) is 45.7 Å². The van der Waals surface area contributed by atoms with Crippen molar-refractivity contribution in [2.24, 2.45) is 5.92 Å². The van der Waals surface area contributed by atoms with Crippen molar-refractivity contribution in [3.05, 3.63) is 41.8 Å². The first-order chi connectivity index (χ1) is 17.5. The number of carbonyl (C=O) groups excluding carboxylic acids is 1. The molecule has 10 heteroatoms. The van der Waals surface area contributed by atoms with Crippen molar-refractivity contribution in [2.75, 3.05) is 25.5 Å². The third-order valence-electron chi connectivity index (χ3n) is 6.84. The Labute approximate surface area is 211 Å². The van der Waals surface area contributed by atoms with Gasteiger partial charge < -0.3 is 20.1 Å². The molecule has 0 radical (unpaired) electrons. The van der Waals surface area contributed by atoms with Gasteiger partial charge in [0.25, 0.3) is 0 Å². The highest BCUT2D eigenvalue weighted by Gasteiger charge is 2.30. The molecule has 2 fully saturated rings. The maximum atomic E-state index is 12.5. The van der Waals surface area contributed by atoms with Gasteiger partial charge in [0.05, 0.1) is 12.1 Å². The number of likely N-dealkylation sites (N-methyl/N-ethyl adjacent to an activating group) is 1. The molecule has 3 N–H and O–H groups in total. The Morgan fingerprint density at radius 2 is 2.08 bits per heavy atom. The largest absolute Gasteiger partial charge is 0.511 e. The number of anilines is 2. The van der Waals surface area contributed by atoms with Gasteiger partial charge in [0.2, 0.25) is 5.88 Å². The number of aromatic nitrogens is 4. The molecule has 10 nitrogen and oxygen atoms in total. The summed E-state index contributed by atoms with van der Waals surface area (Å²) in [7, 11) is 2.08. The zero-order valence-corrected chi connectivity index (χ0v) is 21.0. The van der Waals surface area contributed by atoms with Gasteiger partial charge >= 0.3 is 0 Å². The number of rotatable bonds is 10. The maximum absolute atomic E-state index is 12.5. The van der Waals surface area contributed by atoms with Crippen LogP contribution >= 0.6 is 0 Å². The molecule has 2 aromatic heterocycles. The van der Waals surface area contributed by atoms with Crippen molar-refractivity contribution in [1.29, 1.82) is 5.41 Å². The number of likely N-dealkylation sites (tertiary alicyclic amines) is 1. The molecule has 0 spiro atoms. The van der Waals surface area contributed by atoms with E-state index in [1.165, 1.54) is 0 Å². The summed E-state index contributed by atoms with van der Waals surface area (Å²) in [6, 6.07) is 1.98. The van der Waals surface area contributed by atoms with Gasteiger partial charge in [-0.25, -0.2) is 9.97 Å². The average Bonchev–Trinajstić information content (AvgIpc) is 3.30. The van der Waals surface area contributed by atoms with Gasteiger partial charge in [0.15, 0.2) is 5.82 Å². The highest BCUT2D eigenvalue weighted by molar-refractivity contribution is 6.09. The first-order valence-corrected chi connectivity index (χ1v) is 12.8. The first kappa shape index (κ1) is 25.7. The summed E-state index contributed by atoms with van der Waals surface area (Å²) in [6.45, 7) is 3.49. The summed E-state index contributed by atoms with van der Waals surface area (Å²) < 4.78 is 6.06. The minimum Gasteiger partial charge on any atom is -0.511 e. The SMILES string of the molecule is CCC/C(C(=N)c1nc(Nc2cnccn2)cc(OC[C@@H]2CCCN2C)n1)=C(/O)[C@H]1CCCCC1=O. The highest BCUT2D eigenvalue weighted by atomic mass is 16.5. The molecule has 0 unspecified atom stereocenters. The Morgan fingerprint density at radius 3 is 2.78 bits per heavy atom. The first-order valence-electron chi connectivity index (χ1n) is 12.8. The monoisotopic (exact) mass is 493 g/mol. The Kier molecular flexibility index (Phi) is 8.58. The predicted molar refractivity (Wildman–Crippen MR) is 137 cm³/mol. The van der Waals surface area contributed by atoms with E-state index in [4.69, 9.17) is 10.1 Å². The zero-order valence-electron chi connectivity index (χ0n) is 21.0. The van der Waals surface area contributed by atoms with Crippen LogP contribution in [-0.4, -0.2) is 67.7 Å². The third-order valence-corrected chi connectivity index (χ3v) is 6.84. The van der Waals surface area contributed by atoms with E-state index in [2.05, 4.69) is 37.2 Å². The molecule has 1 saturated carbocycles. The summed E-state index contributed by atoms with van der Waals surface area (Å²) in [4.78, 5) is 32.2. The number of ether oxygens (including phenoxy) is 1. The number of ketones is 1. The zero-order chi connectivity index (χ0) is 25.5. The van der Waals surface area contributed by atoms with Crippen molar-refractivity contribution in [1.82, 2.24) is 24.8 Å². The van der Waals surface area contributed by atoms with Gasteiger partial charge in [0.1, 0.15) is 35.5 Å². The van der Waals surface area contributed by atoms with E-state index in [0.29, 0.717) is 61.4 Å². The van der Waals surface area contributed by atoms with E-state index < -0.39 is 5.92 Å². The normalized spacial score (nSPS) is 21.2. The van der Waals surface area contributed by atoms with Crippen LogP contribution in [0.15, 0.2) is 36.0 Å². The lowest BCUT2D eigenvalue weighted by atomic mass is 9.83. The predicted octanol–water partition coefficient (Wildman–Crippen LogP) is 4.22. The lowest BCUT2D eigenvalue weighted by Crippen LogP contribution is -2.30. The molecule has 36 heavy (non-hydrogen) atoms. The van der Waals surface area contributed by atoms with E-state index in [1.54, 1.807) is 24.7 Å². The van der Waals surface area contributed by atoms with E-state index in [-0.39, 0.29) is 23.1 Å². The fourth-order valence-electron chi connectivity index (χ4n) is 4.79. The summed E-state index contributed by atoms with van der Waals surface area (Å²) >= 11 is 0. The number of nitrogens with one attached hydrogen (secondary N) is 2. The second kappa shape index (κ2) is 12.0. The number of carbonyl (C=O) groups is 1. The number of allylic oxidation sites excluding steroid dienone is 2. The molecule has 1 saturated heterocycles. The number of aliphatic hydroxyl groups excluding tert-OH is 1. The van der Waals surface area contributed by atoms with Crippen LogP contribution in [0, 0.1) is 11.3 Å². The number of Topliss-reactive ketones (excluding diaryl/α,β-unsaturated/α-hetero) is 1. The van der Waals surface area contributed by atoms with Gasteiger partial charge in [-0.3, -0.25) is 15.2 Å². The van der Waals surface area contributed by atoms with Crippen molar-refractivity contribution in [2.45, 2.75) is 64.3 Å². The molecular formula is C26H35N7O3. The lowest BCUT2D eigenvalue weighted by Gasteiger charge is -2.23. The quantitative estimate of drug-likeness (QED) is 0.328. The number of aliphatic hydroxyl groups is 1. The molecule has 1 aliphatic heterocycles. The van der Waals surface area contributed by atoms with E-state index in [0.717, 1.165) is 32.2 Å². The Hall–Kier alpha value is -3.40. The van der Waals surface area contributed by atoms with Crippen LogP contribution in [0.25, 0.3) is 0 Å². The van der Waals surface area contributed by atoms with Crippen LogP contribution in [0.5, 0.6) is 5.88 Å². The molecule has 192 valence electrons. The Morgan fingerprint density at radius 1 is 1.22 bits per heavy atom. The van der Waals surface area contributed by atoms with Crippen molar-refractivity contribution in [3.63, 3.8) is 0 Å². The molecule has 0 bridgehead atoms. The molecule has 2 aliphatic rings. The van der Waals surface area contributed by atoms with Crippen LogP contribution in [0.2, 0.25) is 0 Å². The molecular weight excluding hydrogens is 458 g/mol. The van der Waals surface area contributed by atoms with Crippen LogP contribution in [0.3, 0.4) is 0 Å². The maximum Gasteiger partial charge on any atom is 0.219 e. The van der Waals surface area contributed by atoms with Gasteiger partial charge in [-0.2, -0.15) is 4.98 Å². The van der Waals surface area contributed by atoms with E-state index in [9.17, 15) is 9.90 Å². The Bertz CT molecular complexity index is 1110. The standard InChI is InChI=1S/C26H35N7O3/c1-3-7-19(25(35)18-9-4-5-10-20(18)34)24(27)26-31-21(30-22-15-28-11-12-29-22)14-23(32-26)36-16-17-8-6-13-33(17)2/h11-12,14-15,17-18,27,35H,3-10,13,16H2,1-2H3,(H,29,30,31,32)/b25-19-,27-24?/t17-,18-/m0/s1. The number of hydrogen-bond donors (Lipinski definition) is 3. The van der Waals surface area contributed by atoms with Crippen LogP contribution < -0.4 is 10.1 Å². The van der Waals surface area contributed by atoms with Crippen molar-refractivity contribution < 1.29 is 14.6 Å². The van der Waals surface area contributed by atoms with E-state index in [1.807, 2.05) is 6.92 Å². The number of hydrogen-bond acceptors (Lipinski definition) is 10. The van der Waals surface area contributed by atoms with Gasteiger partial charge in [-0.1, -0.05) is 19.8 Å². The highest BCUT2D eigenvalue weighted by Crippen LogP contribution is 2.30. The topological polar surface area (TPSA) is 137 Å². The molecule has 4 rings (SSSR count). The lowest BCUT2D eigenvalue weighted by molar-refractivity contribution is -0.124. The second-order valence-electron chi connectivity index (χ2n) is 9.47. The molecule has 0 aromatic carbocycles. The summed E-state index contributed by atoms with van der Waals surface area (Å²) in [5.41, 5.74) is 0.411. The van der Waals surface area contributed by atoms with Crippen LogP contribution in [-0.2, 0) is 4.79 Å². The molecule has 0 amide bonds. The van der Waals surface area contributed by atoms with Crippen molar-refractivity contribution >= 4 is 23.1 Å². The Balaban J connectivity index is 1.65. The smallest absolute Gasteiger partial charge is 0.219 e. The molecule has 2 aromatic rings. The van der Waals surface area contributed by atoms with Crippen molar-refractivity contribution in [3.8, 4) is 5.88 Å². The van der Waals surface area contributed by atoms with Crippen LogP contribution in [0.1, 0.15) is 64.1 Å². The average molecular weight is 494 g/mol. The third kappa shape index (κ3) is 6.23. The van der Waals surface area contributed by atoms with Crippen LogP contribution in [0.4, 0.5) is 11.6 Å². The summed E-state index contributed by atoms with van der Waals surface area (Å²) in [6.07, 6.45) is 10.9. The summed E-state index contributed by atoms with van der Waals surface area (Å²) in [5, 5.41) is 23.1.